The zero-order valence-corrected chi connectivity index (χ0v) is 28.0. The maximum atomic E-state index is 14.5. The molecule has 0 bridgehead atoms. The van der Waals surface area contributed by atoms with Crippen LogP contribution in [-0.2, 0) is 32.6 Å². The van der Waals surface area contributed by atoms with Gasteiger partial charge < -0.3 is 10.2 Å². The summed E-state index contributed by atoms with van der Waals surface area (Å²) in [6.45, 7) is 3.18. The van der Waals surface area contributed by atoms with Crippen LogP contribution < -0.4 is 9.62 Å². The summed E-state index contributed by atoms with van der Waals surface area (Å²) < 4.78 is 29.1. The van der Waals surface area contributed by atoms with E-state index in [0.717, 1.165) is 9.87 Å². The third-order valence-electron chi connectivity index (χ3n) is 7.30. The van der Waals surface area contributed by atoms with E-state index in [1.165, 1.54) is 35.2 Å². The van der Waals surface area contributed by atoms with Crippen molar-refractivity contribution in [2.45, 2.75) is 50.2 Å². The minimum atomic E-state index is -4.31. The quantitative estimate of drug-likeness (QED) is 0.159. The van der Waals surface area contributed by atoms with Crippen molar-refractivity contribution in [2.75, 3.05) is 10.8 Å². The number of nitrogens with one attached hydrogen (secondary N) is 1. The molecule has 4 rings (SSSR count). The zero-order valence-electron chi connectivity index (χ0n) is 24.9. The number of carbonyl (C=O) groups is 2. The molecule has 4 aromatic rings. The van der Waals surface area contributed by atoms with Crippen molar-refractivity contribution >= 4 is 62.3 Å². The molecule has 236 valence electrons. The first-order valence-electron chi connectivity index (χ1n) is 14.4. The summed E-state index contributed by atoms with van der Waals surface area (Å²) >= 11 is 19.1. The summed E-state index contributed by atoms with van der Waals surface area (Å²) in [4.78, 5) is 29.8. The van der Waals surface area contributed by atoms with E-state index in [1.807, 2.05) is 44.2 Å². The highest BCUT2D eigenvalue weighted by atomic mass is 35.5. The van der Waals surface area contributed by atoms with Crippen LogP contribution >= 0.6 is 34.8 Å². The number of rotatable bonds is 13. The maximum Gasteiger partial charge on any atom is 0.264 e. The number of sulfonamides is 1. The zero-order chi connectivity index (χ0) is 32.6. The lowest BCUT2D eigenvalue weighted by atomic mass is 10.0. The smallest absolute Gasteiger partial charge is 0.264 e. The molecule has 0 unspecified atom stereocenters. The molecular weight excluding hydrogens is 653 g/mol. The normalized spacial score (nSPS) is 12.6. The van der Waals surface area contributed by atoms with Crippen molar-refractivity contribution < 1.29 is 18.0 Å². The van der Waals surface area contributed by atoms with Gasteiger partial charge >= 0.3 is 0 Å². The van der Waals surface area contributed by atoms with Crippen molar-refractivity contribution in [2.24, 2.45) is 0 Å². The molecule has 0 aliphatic heterocycles. The number of anilines is 1. The van der Waals surface area contributed by atoms with Crippen LogP contribution in [-0.4, -0.2) is 43.8 Å². The fourth-order valence-electron chi connectivity index (χ4n) is 4.74. The Balaban J connectivity index is 1.83. The second-order valence-corrected chi connectivity index (χ2v) is 13.7. The Morgan fingerprint density at radius 1 is 0.800 bits per heavy atom. The average Bonchev–Trinajstić information content (AvgIpc) is 3.03. The standard InChI is InChI=1S/C34H34Cl3N3O4S/c1-3-24(2)38-34(42)32(20-25-11-6-4-7-12-25)39(22-26-13-10-14-27(35)19-26)33(41)23-40(31-21-28(36)17-18-30(31)37)45(43,44)29-15-8-5-9-16-29/h4-19,21,24,32H,3,20,22-23H2,1-2H3,(H,38,42)/t24-,32-/m1/s1. The van der Waals surface area contributed by atoms with E-state index < -0.39 is 28.5 Å². The number of nitrogens with zero attached hydrogens (tertiary/aromatic N) is 2. The summed E-state index contributed by atoms with van der Waals surface area (Å²) in [7, 11) is -4.31. The van der Waals surface area contributed by atoms with Gasteiger partial charge in [-0.1, -0.05) is 102 Å². The largest absolute Gasteiger partial charge is 0.352 e. The summed E-state index contributed by atoms with van der Waals surface area (Å²) in [6.07, 6.45) is 0.876. The molecule has 0 aromatic heterocycles. The van der Waals surface area contributed by atoms with Crippen molar-refractivity contribution in [1.29, 1.82) is 0 Å². The minimum absolute atomic E-state index is 0.00662. The fraction of sp³-hybridized carbons (Fsp3) is 0.235. The van der Waals surface area contributed by atoms with Gasteiger partial charge in [0.15, 0.2) is 0 Å². The van der Waals surface area contributed by atoms with Crippen LogP contribution in [0.4, 0.5) is 5.69 Å². The molecule has 0 radical (unpaired) electrons. The van der Waals surface area contributed by atoms with Gasteiger partial charge in [0, 0.05) is 29.1 Å². The van der Waals surface area contributed by atoms with E-state index in [4.69, 9.17) is 34.8 Å². The van der Waals surface area contributed by atoms with Crippen LogP contribution in [0.15, 0.2) is 108 Å². The van der Waals surface area contributed by atoms with E-state index >= 15 is 0 Å². The Kier molecular flexibility index (Phi) is 11.9. The molecule has 0 aliphatic carbocycles. The third-order valence-corrected chi connectivity index (χ3v) is 9.86. The van der Waals surface area contributed by atoms with Gasteiger partial charge in [-0.05, 0) is 66.9 Å². The van der Waals surface area contributed by atoms with E-state index in [0.29, 0.717) is 17.0 Å². The highest BCUT2D eigenvalue weighted by molar-refractivity contribution is 7.92. The molecule has 0 fully saturated rings. The van der Waals surface area contributed by atoms with Gasteiger partial charge in [-0.25, -0.2) is 8.42 Å². The first kappa shape index (κ1) is 34.3. The molecule has 0 aliphatic rings. The second-order valence-electron chi connectivity index (χ2n) is 10.6. The number of hydrogen-bond donors (Lipinski definition) is 1. The van der Waals surface area contributed by atoms with Crippen molar-refractivity contribution in [3.8, 4) is 0 Å². The van der Waals surface area contributed by atoms with Gasteiger partial charge in [-0.2, -0.15) is 0 Å². The molecule has 0 saturated heterocycles. The highest BCUT2D eigenvalue weighted by Gasteiger charge is 2.35. The predicted molar refractivity (Wildman–Crippen MR) is 181 cm³/mol. The van der Waals surface area contributed by atoms with Crippen LogP contribution in [0.2, 0.25) is 15.1 Å². The van der Waals surface area contributed by atoms with E-state index in [-0.39, 0.29) is 45.5 Å². The number of carbonyl (C=O) groups excluding carboxylic acids is 2. The molecule has 0 heterocycles. The van der Waals surface area contributed by atoms with Crippen LogP contribution in [0, 0.1) is 0 Å². The van der Waals surface area contributed by atoms with Crippen LogP contribution in [0.25, 0.3) is 0 Å². The molecule has 1 N–H and O–H groups in total. The second kappa shape index (κ2) is 15.6. The van der Waals surface area contributed by atoms with Gasteiger partial charge in [0.05, 0.1) is 15.6 Å². The van der Waals surface area contributed by atoms with Crippen molar-refractivity contribution in [1.82, 2.24) is 10.2 Å². The van der Waals surface area contributed by atoms with Gasteiger partial charge in [0.2, 0.25) is 11.8 Å². The molecule has 4 aromatic carbocycles. The number of halogens is 3. The van der Waals surface area contributed by atoms with E-state index in [9.17, 15) is 18.0 Å². The Hall–Kier alpha value is -3.56. The summed E-state index contributed by atoms with van der Waals surface area (Å²) in [5.41, 5.74) is 1.54. The molecular formula is C34H34Cl3N3O4S. The Morgan fingerprint density at radius 3 is 2.07 bits per heavy atom. The fourth-order valence-corrected chi connectivity index (χ4v) is 6.83. The van der Waals surface area contributed by atoms with E-state index in [1.54, 1.807) is 42.5 Å². The third kappa shape index (κ3) is 9.01. The first-order chi connectivity index (χ1) is 21.5. The highest BCUT2D eigenvalue weighted by Crippen LogP contribution is 2.33. The molecule has 0 saturated carbocycles. The molecule has 45 heavy (non-hydrogen) atoms. The monoisotopic (exact) mass is 685 g/mol. The van der Waals surface area contributed by atoms with Crippen LogP contribution in [0.1, 0.15) is 31.4 Å². The number of hydrogen-bond acceptors (Lipinski definition) is 4. The van der Waals surface area contributed by atoms with Gasteiger partial charge in [-0.3, -0.25) is 13.9 Å². The molecule has 2 atom stereocenters. The number of amides is 2. The van der Waals surface area contributed by atoms with Crippen LogP contribution in [0.5, 0.6) is 0 Å². The van der Waals surface area contributed by atoms with Gasteiger partial charge in [-0.15, -0.1) is 0 Å². The molecule has 11 heteroatoms. The Morgan fingerprint density at radius 2 is 1.42 bits per heavy atom. The average molecular weight is 687 g/mol. The lowest BCUT2D eigenvalue weighted by molar-refractivity contribution is -0.140. The summed E-state index contributed by atoms with van der Waals surface area (Å²) in [5.74, 6) is -0.979. The van der Waals surface area contributed by atoms with Crippen molar-refractivity contribution in [3.05, 3.63) is 129 Å². The first-order valence-corrected chi connectivity index (χ1v) is 17.0. The molecule has 2 amide bonds. The SMILES string of the molecule is CC[C@@H](C)NC(=O)[C@@H](Cc1ccccc1)N(Cc1cccc(Cl)c1)C(=O)CN(c1cc(Cl)ccc1Cl)S(=O)(=O)c1ccccc1. The Bertz CT molecular complexity index is 1720. The topological polar surface area (TPSA) is 86.8 Å². The van der Waals surface area contributed by atoms with Crippen LogP contribution in [0.3, 0.4) is 0 Å². The summed E-state index contributed by atoms with van der Waals surface area (Å²) in [6, 6.07) is 27.3. The lowest BCUT2D eigenvalue weighted by Gasteiger charge is -2.34. The van der Waals surface area contributed by atoms with Gasteiger partial charge in [0.25, 0.3) is 10.0 Å². The molecule has 0 spiro atoms. The minimum Gasteiger partial charge on any atom is -0.352 e. The molecule has 7 nitrogen and oxygen atoms in total. The summed E-state index contributed by atoms with van der Waals surface area (Å²) in [5, 5.41) is 3.79. The lowest BCUT2D eigenvalue weighted by Crippen LogP contribution is -2.54. The van der Waals surface area contributed by atoms with Crippen molar-refractivity contribution in [3.63, 3.8) is 0 Å². The number of benzene rings is 4. The predicted octanol–water partition coefficient (Wildman–Crippen LogP) is 7.40. The van der Waals surface area contributed by atoms with Gasteiger partial charge in [0.1, 0.15) is 12.6 Å². The van der Waals surface area contributed by atoms with E-state index in [2.05, 4.69) is 5.32 Å². The Labute approximate surface area is 279 Å². The maximum absolute atomic E-state index is 14.5.